The zero-order valence-electron chi connectivity index (χ0n) is 8.59. The van der Waals surface area contributed by atoms with Gasteiger partial charge in [0.05, 0.1) is 11.1 Å². The molecule has 3 heteroatoms. The van der Waals surface area contributed by atoms with Gasteiger partial charge in [0.1, 0.15) is 5.75 Å². The lowest BCUT2D eigenvalue weighted by atomic mass is 10.2. The summed E-state index contributed by atoms with van der Waals surface area (Å²) in [5.74, 6) is 1.43. The van der Waals surface area contributed by atoms with E-state index in [1.807, 2.05) is 31.3 Å². The quantitative estimate of drug-likeness (QED) is 0.876. The Morgan fingerprint density at radius 2 is 2.14 bits per heavy atom. The molecule has 0 fully saturated rings. The summed E-state index contributed by atoms with van der Waals surface area (Å²) in [5.41, 5.74) is 0. The van der Waals surface area contributed by atoms with Gasteiger partial charge in [0.25, 0.3) is 0 Å². The highest BCUT2D eigenvalue weighted by Crippen LogP contribution is 2.24. The molecule has 0 aromatic heterocycles. The number of benzene rings is 1. The smallest absolute Gasteiger partial charge is 0.133 e. The van der Waals surface area contributed by atoms with Crippen LogP contribution < -0.4 is 10.1 Å². The van der Waals surface area contributed by atoms with E-state index in [0.717, 1.165) is 23.4 Å². The maximum absolute atomic E-state index is 5.66. The van der Waals surface area contributed by atoms with Crippen LogP contribution in [-0.4, -0.2) is 20.2 Å². The van der Waals surface area contributed by atoms with E-state index in [-0.39, 0.29) is 0 Å². The monoisotopic (exact) mass is 257 g/mol. The molecule has 1 unspecified atom stereocenters. The molecule has 1 atom stereocenters. The average Bonchev–Trinajstić information content (AvgIpc) is 2.17. The van der Waals surface area contributed by atoms with Crippen LogP contribution in [0.1, 0.15) is 6.92 Å². The van der Waals surface area contributed by atoms with Crippen molar-refractivity contribution in [2.24, 2.45) is 5.92 Å². The number of halogens is 1. The fraction of sp³-hybridized carbons (Fsp3) is 0.455. The normalized spacial score (nSPS) is 12.5. The van der Waals surface area contributed by atoms with Crippen LogP contribution in [0.3, 0.4) is 0 Å². The van der Waals surface area contributed by atoms with Crippen molar-refractivity contribution in [3.63, 3.8) is 0 Å². The highest BCUT2D eigenvalue weighted by molar-refractivity contribution is 9.10. The predicted molar refractivity (Wildman–Crippen MR) is 62.7 cm³/mol. The van der Waals surface area contributed by atoms with Gasteiger partial charge in [-0.1, -0.05) is 19.1 Å². The summed E-state index contributed by atoms with van der Waals surface area (Å²) in [4.78, 5) is 0. The molecule has 0 spiro atoms. The molecular formula is C11H16BrNO. The van der Waals surface area contributed by atoms with Gasteiger partial charge in [-0.3, -0.25) is 0 Å². The highest BCUT2D eigenvalue weighted by Gasteiger charge is 2.03. The van der Waals surface area contributed by atoms with Gasteiger partial charge in [-0.2, -0.15) is 0 Å². The number of hydrogen-bond donors (Lipinski definition) is 1. The van der Waals surface area contributed by atoms with Crippen molar-refractivity contribution >= 4 is 15.9 Å². The van der Waals surface area contributed by atoms with Crippen LogP contribution in [0.2, 0.25) is 0 Å². The lowest BCUT2D eigenvalue weighted by Gasteiger charge is -2.13. The molecule has 14 heavy (non-hydrogen) atoms. The van der Waals surface area contributed by atoms with E-state index < -0.39 is 0 Å². The summed E-state index contributed by atoms with van der Waals surface area (Å²) in [7, 11) is 1.95. The fourth-order valence-electron chi connectivity index (χ4n) is 1.20. The van der Waals surface area contributed by atoms with E-state index in [1.165, 1.54) is 0 Å². The number of ether oxygens (including phenoxy) is 1. The molecule has 1 N–H and O–H groups in total. The van der Waals surface area contributed by atoms with Crippen LogP contribution >= 0.6 is 15.9 Å². The Hall–Kier alpha value is -0.540. The van der Waals surface area contributed by atoms with Crippen molar-refractivity contribution in [3.8, 4) is 5.75 Å². The minimum absolute atomic E-state index is 0.520. The molecule has 2 nitrogen and oxygen atoms in total. The molecule has 1 aromatic carbocycles. The first-order valence-corrected chi connectivity index (χ1v) is 5.55. The van der Waals surface area contributed by atoms with Crippen molar-refractivity contribution in [2.45, 2.75) is 6.92 Å². The summed E-state index contributed by atoms with van der Waals surface area (Å²) in [5, 5.41) is 3.13. The third-order valence-corrected chi connectivity index (χ3v) is 2.57. The Balaban J connectivity index is 2.41. The second-order valence-electron chi connectivity index (χ2n) is 3.40. The molecule has 0 aliphatic carbocycles. The van der Waals surface area contributed by atoms with Crippen LogP contribution in [0.4, 0.5) is 0 Å². The van der Waals surface area contributed by atoms with Crippen LogP contribution in [0, 0.1) is 5.92 Å². The van der Waals surface area contributed by atoms with Gasteiger partial charge in [0.2, 0.25) is 0 Å². The minimum Gasteiger partial charge on any atom is -0.492 e. The summed E-state index contributed by atoms with van der Waals surface area (Å²) >= 11 is 3.44. The largest absolute Gasteiger partial charge is 0.492 e. The summed E-state index contributed by atoms with van der Waals surface area (Å²) in [6, 6.07) is 7.91. The molecule has 0 amide bonds. The first-order chi connectivity index (χ1) is 6.74. The van der Waals surface area contributed by atoms with Gasteiger partial charge >= 0.3 is 0 Å². The number of rotatable bonds is 5. The SMILES string of the molecule is CNCC(C)COc1ccccc1Br. The van der Waals surface area contributed by atoms with E-state index >= 15 is 0 Å². The molecule has 0 saturated carbocycles. The van der Waals surface area contributed by atoms with Crippen molar-refractivity contribution in [2.75, 3.05) is 20.2 Å². The molecular weight excluding hydrogens is 242 g/mol. The van der Waals surface area contributed by atoms with Crippen molar-refractivity contribution in [1.29, 1.82) is 0 Å². The lowest BCUT2D eigenvalue weighted by molar-refractivity contribution is 0.256. The second kappa shape index (κ2) is 6.04. The zero-order valence-corrected chi connectivity index (χ0v) is 10.2. The lowest BCUT2D eigenvalue weighted by Crippen LogP contribution is -2.21. The molecule has 1 aromatic rings. The van der Waals surface area contributed by atoms with Gasteiger partial charge in [0.15, 0.2) is 0 Å². The Bertz CT molecular complexity index is 278. The van der Waals surface area contributed by atoms with Crippen molar-refractivity contribution in [3.05, 3.63) is 28.7 Å². The van der Waals surface area contributed by atoms with E-state index in [4.69, 9.17) is 4.74 Å². The highest BCUT2D eigenvalue weighted by atomic mass is 79.9. The van der Waals surface area contributed by atoms with Crippen LogP contribution in [-0.2, 0) is 0 Å². The Morgan fingerprint density at radius 3 is 2.79 bits per heavy atom. The summed E-state index contributed by atoms with van der Waals surface area (Å²) < 4.78 is 6.68. The van der Waals surface area contributed by atoms with Crippen LogP contribution in [0.25, 0.3) is 0 Å². The molecule has 0 heterocycles. The van der Waals surface area contributed by atoms with E-state index in [0.29, 0.717) is 5.92 Å². The van der Waals surface area contributed by atoms with Gasteiger partial charge in [-0.05, 0) is 35.1 Å². The summed E-state index contributed by atoms with van der Waals surface area (Å²) in [6.07, 6.45) is 0. The van der Waals surface area contributed by atoms with Gasteiger partial charge in [0, 0.05) is 12.5 Å². The molecule has 0 aliphatic heterocycles. The third-order valence-electron chi connectivity index (χ3n) is 1.91. The number of hydrogen-bond acceptors (Lipinski definition) is 2. The second-order valence-corrected chi connectivity index (χ2v) is 4.26. The fourth-order valence-corrected chi connectivity index (χ4v) is 1.60. The zero-order chi connectivity index (χ0) is 10.4. The van der Waals surface area contributed by atoms with Gasteiger partial charge in [-0.15, -0.1) is 0 Å². The van der Waals surface area contributed by atoms with Gasteiger partial charge < -0.3 is 10.1 Å². The van der Waals surface area contributed by atoms with Crippen LogP contribution in [0.5, 0.6) is 5.75 Å². The maximum Gasteiger partial charge on any atom is 0.133 e. The first kappa shape index (κ1) is 11.5. The van der Waals surface area contributed by atoms with E-state index in [9.17, 15) is 0 Å². The predicted octanol–water partition coefficient (Wildman–Crippen LogP) is 2.68. The van der Waals surface area contributed by atoms with E-state index in [2.05, 4.69) is 28.2 Å². The number of nitrogens with one attached hydrogen (secondary N) is 1. The summed E-state index contributed by atoms with van der Waals surface area (Å²) in [6.45, 7) is 3.88. The Labute approximate surface area is 93.8 Å². The Kier molecular flexibility index (Phi) is 4.98. The molecule has 0 aliphatic rings. The third kappa shape index (κ3) is 3.68. The maximum atomic E-state index is 5.66. The molecule has 78 valence electrons. The minimum atomic E-state index is 0.520. The van der Waals surface area contributed by atoms with Crippen molar-refractivity contribution in [1.82, 2.24) is 5.32 Å². The Morgan fingerprint density at radius 1 is 1.43 bits per heavy atom. The topological polar surface area (TPSA) is 21.3 Å². The first-order valence-electron chi connectivity index (χ1n) is 4.76. The molecule has 1 rings (SSSR count). The number of para-hydroxylation sites is 1. The molecule has 0 saturated heterocycles. The van der Waals surface area contributed by atoms with Crippen molar-refractivity contribution < 1.29 is 4.74 Å². The standard InChI is InChI=1S/C11H16BrNO/c1-9(7-13-2)8-14-11-6-4-3-5-10(11)12/h3-6,9,13H,7-8H2,1-2H3. The van der Waals surface area contributed by atoms with E-state index in [1.54, 1.807) is 0 Å². The molecule has 0 bridgehead atoms. The van der Waals surface area contributed by atoms with Gasteiger partial charge in [-0.25, -0.2) is 0 Å². The average molecular weight is 258 g/mol. The molecule has 0 radical (unpaired) electrons. The van der Waals surface area contributed by atoms with Crippen LogP contribution in [0.15, 0.2) is 28.7 Å².